The molecule has 0 saturated heterocycles. The van der Waals surface area contributed by atoms with Gasteiger partial charge in [0.2, 0.25) is 5.82 Å². The molecule has 0 N–H and O–H groups in total. The van der Waals surface area contributed by atoms with E-state index in [9.17, 15) is 0 Å². The summed E-state index contributed by atoms with van der Waals surface area (Å²) in [7, 11) is 1.60. The first kappa shape index (κ1) is 17.5. The second kappa shape index (κ2) is 8.67. The van der Waals surface area contributed by atoms with Crippen LogP contribution in [0, 0.1) is 17.8 Å². The maximum Gasteiger partial charge on any atom is 0.205 e. The van der Waals surface area contributed by atoms with Crippen LogP contribution in [-0.2, 0) is 0 Å². The van der Waals surface area contributed by atoms with Crippen molar-refractivity contribution in [2.24, 2.45) is 5.92 Å². The smallest absolute Gasteiger partial charge is 0.205 e. The predicted molar refractivity (Wildman–Crippen MR) is 101 cm³/mol. The summed E-state index contributed by atoms with van der Waals surface area (Å²) in [5.41, 5.74) is 2.46. The van der Waals surface area contributed by atoms with Crippen LogP contribution in [0.3, 0.4) is 0 Å². The average Bonchev–Trinajstić information content (AvgIpc) is 2.68. The SMILES string of the molecule is CCC[C@H]1CC[C@H](c2ccc(C#Cc3ncc(OC)cn3)cc2)CC1. The summed E-state index contributed by atoms with van der Waals surface area (Å²) < 4.78 is 5.05. The molecular weight excluding hydrogens is 308 g/mol. The summed E-state index contributed by atoms with van der Waals surface area (Å²) in [6.07, 6.45) is 11.4. The van der Waals surface area contributed by atoms with Crippen LogP contribution in [0.2, 0.25) is 0 Å². The molecule has 0 unspecified atom stereocenters. The second-order valence-electron chi connectivity index (χ2n) is 6.82. The highest BCUT2D eigenvalue weighted by Crippen LogP contribution is 2.37. The zero-order chi connectivity index (χ0) is 17.5. The summed E-state index contributed by atoms with van der Waals surface area (Å²) in [5.74, 6) is 8.97. The standard InChI is InChI=1S/C22H26N2O/c1-3-4-17-5-10-19(11-6-17)20-12-7-18(8-13-20)9-14-22-23-15-21(25-2)16-24-22/h7-8,12-13,15-17,19H,3-6,10-11H2,1-2H3/t17-,19-. The summed E-state index contributed by atoms with van der Waals surface area (Å²) in [5, 5.41) is 0. The maximum atomic E-state index is 5.05. The van der Waals surface area contributed by atoms with Crippen LogP contribution in [0.15, 0.2) is 36.7 Å². The molecule has 1 aromatic heterocycles. The van der Waals surface area contributed by atoms with Crippen LogP contribution in [0.1, 0.15) is 68.3 Å². The van der Waals surface area contributed by atoms with Gasteiger partial charge in [0.25, 0.3) is 0 Å². The van der Waals surface area contributed by atoms with Crippen LogP contribution in [0.5, 0.6) is 5.75 Å². The molecule has 0 spiro atoms. The van der Waals surface area contributed by atoms with E-state index in [1.165, 1.54) is 44.1 Å². The minimum Gasteiger partial charge on any atom is -0.494 e. The van der Waals surface area contributed by atoms with Gasteiger partial charge in [0.05, 0.1) is 19.5 Å². The highest BCUT2D eigenvalue weighted by molar-refractivity contribution is 5.40. The lowest BCUT2D eigenvalue weighted by atomic mass is 9.77. The monoisotopic (exact) mass is 334 g/mol. The zero-order valence-corrected chi connectivity index (χ0v) is 15.2. The van der Waals surface area contributed by atoms with E-state index in [0.29, 0.717) is 11.6 Å². The molecule has 3 heteroatoms. The molecule has 2 aromatic rings. The van der Waals surface area contributed by atoms with Gasteiger partial charge in [0.15, 0.2) is 5.75 Å². The number of rotatable bonds is 4. The Bertz CT molecular complexity index is 717. The Morgan fingerprint density at radius 1 is 1.00 bits per heavy atom. The van der Waals surface area contributed by atoms with Crippen LogP contribution >= 0.6 is 0 Å². The van der Waals surface area contributed by atoms with E-state index in [1.54, 1.807) is 19.5 Å². The highest BCUT2D eigenvalue weighted by atomic mass is 16.5. The summed E-state index contributed by atoms with van der Waals surface area (Å²) in [4.78, 5) is 8.34. The van der Waals surface area contributed by atoms with Crippen molar-refractivity contribution in [3.8, 4) is 17.6 Å². The molecule has 25 heavy (non-hydrogen) atoms. The molecule has 0 radical (unpaired) electrons. The Morgan fingerprint density at radius 2 is 1.68 bits per heavy atom. The fourth-order valence-electron chi connectivity index (χ4n) is 3.65. The lowest BCUT2D eigenvalue weighted by Gasteiger charge is -2.28. The molecule has 1 saturated carbocycles. The Morgan fingerprint density at radius 3 is 2.28 bits per heavy atom. The van der Waals surface area contributed by atoms with E-state index in [4.69, 9.17) is 4.74 Å². The Balaban J connectivity index is 1.60. The van der Waals surface area contributed by atoms with E-state index in [1.807, 2.05) is 0 Å². The number of methoxy groups -OCH3 is 1. The Kier molecular flexibility index (Phi) is 6.06. The number of aromatic nitrogens is 2. The molecular formula is C22H26N2O. The van der Waals surface area contributed by atoms with Gasteiger partial charge in [-0.25, -0.2) is 9.97 Å². The van der Waals surface area contributed by atoms with Crippen molar-refractivity contribution in [1.29, 1.82) is 0 Å². The lowest BCUT2D eigenvalue weighted by molar-refractivity contribution is 0.308. The maximum absolute atomic E-state index is 5.05. The summed E-state index contributed by atoms with van der Waals surface area (Å²) in [6, 6.07) is 8.71. The number of nitrogens with zero attached hydrogens (tertiary/aromatic N) is 2. The van der Waals surface area contributed by atoms with Crippen molar-refractivity contribution in [2.75, 3.05) is 7.11 Å². The topological polar surface area (TPSA) is 35.0 Å². The van der Waals surface area contributed by atoms with Crippen LogP contribution in [0.25, 0.3) is 0 Å². The minimum atomic E-state index is 0.513. The van der Waals surface area contributed by atoms with Crippen molar-refractivity contribution in [3.63, 3.8) is 0 Å². The first-order valence-corrected chi connectivity index (χ1v) is 9.26. The second-order valence-corrected chi connectivity index (χ2v) is 6.82. The van der Waals surface area contributed by atoms with Crippen molar-refractivity contribution in [3.05, 3.63) is 53.6 Å². The molecule has 130 valence electrons. The number of hydrogen-bond acceptors (Lipinski definition) is 3. The third-order valence-electron chi connectivity index (χ3n) is 5.11. The molecule has 1 aliphatic rings. The predicted octanol–water partition coefficient (Wildman–Crippen LogP) is 4.96. The quantitative estimate of drug-likeness (QED) is 0.741. The molecule has 3 rings (SSSR count). The summed E-state index contributed by atoms with van der Waals surface area (Å²) in [6.45, 7) is 2.29. The number of hydrogen-bond donors (Lipinski definition) is 0. The highest BCUT2D eigenvalue weighted by Gasteiger charge is 2.21. The largest absolute Gasteiger partial charge is 0.494 e. The normalized spacial score (nSPS) is 19.8. The minimum absolute atomic E-state index is 0.513. The molecule has 0 amide bonds. The zero-order valence-electron chi connectivity index (χ0n) is 15.2. The third kappa shape index (κ3) is 4.82. The van der Waals surface area contributed by atoms with Gasteiger partial charge in [-0.2, -0.15) is 0 Å². The van der Waals surface area contributed by atoms with Gasteiger partial charge in [0, 0.05) is 5.56 Å². The number of benzene rings is 1. The van der Waals surface area contributed by atoms with Crippen molar-refractivity contribution < 1.29 is 4.74 Å². The van der Waals surface area contributed by atoms with E-state index in [2.05, 4.69) is 53.0 Å². The van der Waals surface area contributed by atoms with Gasteiger partial charge >= 0.3 is 0 Å². The van der Waals surface area contributed by atoms with E-state index < -0.39 is 0 Å². The van der Waals surface area contributed by atoms with Crippen LogP contribution in [-0.4, -0.2) is 17.1 Å². The van der Waals surface area contributed by atoms with E-state index in [-0.39, 0.29) is 0 Å². The molecule has 1 aliphatic carbocycles. The third-order valence-corrected chi connectivity index (χ3v) is 5.11. The van der Waals surface area contributed by atoms with Crippen molar-refractivity contribution in [2.45, 2.75) is 51.4 Å². The molecule has 0 bridgehead atoms. The van der Waals surface area contributed by atoms with Crippen molar-refractivity contribution in [1.82, 2.24) is 9.97 Å². The van der Waals surface area contributed by atoms with Gasteiger partial charge in [-0.1, -0.05) is 37.8 Å². The average molecular weight is 334 g/mol. The van der Waals surface area contributed by atoms with Crippen LogP contribution in [0.4, 0.5) is 0 Å². The molecule has 0 atom stereocenters. The number of ether oxygens (including phenoxy) is 1. The first-order chi connectivity index (χ1) is 12.3. The van der Waals surface area contributed by atoms with Crippen molar-refractivity contribution >= 4 is 0 Å². The molecule has 0 aliphatic heterocycles. The molecule has 3 nitrogen and oxygen atoms in total. The van der Waals surface area contributed by atoms with E-state index >= 15 is 0 Å². The van der Waals surface area contributed by atoms with Crippen LogP contribution < -0.4 is 4.74 Å². The van der Waals surface area contributed by atoms with Gasteiger partial charge in [0.1, 0.15) is 0 Å². The Hall–Kier alpha value is -2.34. The van der Waals surface area contributed by atoms with E-state index in [0.717, 1.165) is 17.4 Å². The van der Waals surface area contributed by atoms with Gasteiger partial charge < -0.3 is 4.74 Å². The first-order valence-electron chi connectivity index (χ1n) is 9.26. The summed E-state index contributed by atoms with van der Waals surface area (Å²) >= 11 is 0. The lowest BCUT2D eigenvalue weighted by Crippen LogP contribution is -2.13. The van der Waals surface area contributed by atoms with Gasteiger partial charge in [-0.05, 0) is 61.1 Å². The Labute approximate surface area is 150 Å². The molecule has 1 fully saturated rings. The molecule has 1 aromatic carbocycles. The van der Waals surface area contributed by atoms with Gasteiger partial charge in [-0.15, -0.1) is 0 Å². The molecule has 1 heterocycles. The van der Waals surface area contributed by atoms with Gasteiger partial charge in [-0.3, -0.25) is 0 Å². The fraction of sp³-hybridized carbons (Fsp3) is 0.455. The fourth-order valence-corrected chi connectivity index (χ4v) is 3.65.